The molecular weight excluding hydrogens is 352 g/mol. The van der Waals surface area contributed by atoms with Crippen LogP contribution in [0.1, 0.15) is 32.4 Å². The van der Waals surface area contributed by atoms with Gasteiger partial charge in [0.15, 0.2) is 17.7 Å². The van der Waals surface area contributed by atoms with Crippen molar-refractivity contribution >= 4 is 17.7 Å². The van der Waals surface area contributed by atoms with Crippen molar-refractivity contribution in [1.29, 1.82) is 0 Å². The number of ether oxygens (including phenoxy) is 2. The predicted molar refractivity (Wildman–Crippen MR) is 101 cm³/mol. The second-order valence-electron chi connectivity index (χ2n) is 5.51. The first-order valence-corrected chi connectivity index (χ1v) is 9.53. The summed E-state index contributed by atoms with van der Waals surface area (Å²) in [5.41, 5.74) is 0.925. The second-order valence-corrected chi connectivity index (χ2v) is 6.51. The summed E-state index contributed by atoms with van der Waals surface area (Å²) in [4.78, 5) is 12.2. The molecule has 2 aromatic rings. The highest BCUT2D eigenvalue weighted by molar-refractivity contribution is 7.99. The SMILES string of the molecule is CCOc1ccc(C(C)NC(=O)CSc2cccc[n+]2[O-])cc1OCC. The summed E-state index contributed by atoms with van der Waals surface area (Å²) in [6, 6.07) is 10.6. The standard InChI is InChI=1S/C19H24N2O4S/c1-4-24-16-10-9-15(12-17(16)25-5-2)14(3)20-18(22)13-26-19-8-6-7-11-21(19)23/h6-12,14H,4-5,13H2,1-3H3,(H,20,22). The monoisotopic (exact) mass is 376 g/mol. The molecule has 1 N–H and O–H groups in total. The lowest BCUT2D eigenvalue weighted by atomic mass is 10.1. The molecule has 0 spiro atoms. The lowest BCUT2D eigenvalue weighted by Gasteiger charge is -2.17. The number of carbonyl (C=O) groups excluding carboxylic acids is 1. The highest BCUT2D eigenvalue weighted by atomic mass is 32.2. The number of hydrogen-bond acceptors (Lipinski definition) is 5. The molecule has 0 saturated heterocycles. The highest BCUT2D eigenvalue weighted by Crippen LogP contribution is 2.30. The third kappa shape index (κ3) is 5.56. The summed E-state index contributed by atoms with van der Waals surface area (Å²) in [7, 11) is 0. The molecule has 2 rings (SSSR count). The predicted octanol–water partition coefficient (Wildman–Crippen LogP) is 3.09. The number of aromatic nitrogens is 1. The van der Waals surface area contributed by atoms with Gasteiger partial charge in [0.1, 0.15) is 0 Å². The number of nitrogens with one attached hydrogen (secondary N) is 1. The van der Waals surface area contributed by atoms with Crippen molar-refractivity contribution in [1.82, 2.24) is 5.32 Å². The van der Waals surface area contributed by atoms with Gasteiger partial charge < -0.3 is 20.0 Å². The van der Waals surface area contributed by atoms with Crippen LogP contribution in [0.25, 0.3) is 0 Å². The van der Waals surface area contributed by atoms with Crippen molar-refractivity contribution in [2.24, 2.45) is 0 Å². The van der Waals surface area contributed by atoms with E-state index >= 15 is 0 Å². The van der Waals surface area contributed by atoms with Gasteiger partial charge in [-0.15, -0.1) is 0 Å². The van der Waals surface area contributed by atoms with Gasteiger partial charge in [0.05, 0.1) is 25.0 Å². The average Bonchev–Trinajstić information content (AvgIpc) is 2.63. The average molecular weight is 376 g/mol. The molecule has 26 heavy (non-hydrogen) atoms. The Labute approximate surface area is 158 Å². The number of hydrogen-bond donors (Lipinski definition) is 1. The Morgan fingerprint density at radius 2 is 1.92 bits per heavy atom. The van der Waals surface area contributed by atoms with Crippen LogP contribution >= 0.6 is 11.8 Å². The number of thioether (sulfide) groups is 1. The van der Waals surface area contributed by atoms with Gasteiger partial charge in [-0.05, 0) is 56.3 Å². The number of benzene rings is 1. The van der Waals surface area contributed by atoms with E-state index in [1.807, 2.05) is 39.0 Å². The summed E-state index contributed by atoms with van der Waals surface area (Å²) in [5.74, 6) is 1.39. The molecule has 1 unspecified atom stereocenters. The normalized spacial score (nSPS) is 11.7. The maximum absolute atomic E-state index is 12.2. The zero-order valence-corrected chi connectivity index (χ0v) is 16.0. The van der Waals surface area contributed by atoms with Gasteiger partial charge >= 0.3 is 0 Å². The van der Waals surface area contributed by atoms with Crippen molar-refractivity contribution < 1.29 is 19.0 Å². The highest BCUT2D eigenvalue weighted by Gasteiger charge is 2.15. The number of nitrogens with zero attached hydrogens (tertiary/aromatic N) is 1. The zero-order valence-electron chi connectivity index (χ0n) is 15.2. The zero-order chi connectivity index (χ0) is 18.9. The lowest BCUT2D eigenvalue weighted by molar-refractivity contribution is -0.645. The van der Waals surface area contributed by atoms with E-state index in [1.54, 1.807) is 18.2 Å². The van der Waals surface area contributed by atoms with E-state index in [2.05, 4.69) is 5.32 Å². The Morgan fingerprint density at radius 1 is 1.19 bits per heavy atom. The second kappa shape index (κ2) is 9.91. The number of pyridine rings is 1. The molecule has 1 amide bonds. The number of amides is 1. The summed E-state index contributed by atoms with van der Waals surface area (Å²) in [5, 5.41) is 15.0. The Balaban J connectivity index is 1.97. The largest absolute Gasteiger partial charge is 0.618 e. The Kier molecular flexibility index (Phi) is 7.59. The summed E-state index contributed by atoms with van der Waals surface area (Å²) in [6.07, 6.45) is 1.41. The first-order chi connectivity index (χ1) is 12.5. The number of carbonyl (C=O) groups is 1. The molecule has 6 nitrogen and oxygen atoms in total. The molecular formula is C19H24N2O4S. The van der Waals surface area contributed by atoms with E-state index in [9.17, 15) is 10.0 Å². The maximum atomic E-state index is 12.2. The van der Waals surface area contributed by atoms with Gasteiger partial charge in [0.2, 0.25) is 5.91 Å². The van der Waals surface area contributed by atoms with Gasteiger partial charge in [0.25, 0.3) is 5.03 Å². The molecule has 0 fully saturated rings. The van der Waals surface area contributed by atoms with Crippen LogP contribution in [0.4, 0.5) is 0 Å². The Bertz CT molecular complexity index is 739. The minimum Gasteiger partial charge on any atom is -0.618 e. The van der Waals surface area contributed by atoms with Gasteiger partial charge in [-0.3, -0.25) is 4.79 Å². The van der Waals surface area contributed by atoms with Crippen LogP contribution in [-0.4, -0.2) is 24.9 Å². The van der Waals surface area contributed by atoms with Gasteiger partial charge in [-0.1, -0.05) is 6.07 Å². The fraction of sp³-hybridized carbons (Fsp3) is 0.368. The number of rotatable bonds is 9. The van der Waals surface area contributed by atoms with E-state index in [-0.39, 0.29) is 17.7 Å². The van der Waals surface area contributed by atoms with Crippen LogP contribution in [0, 0.1) is 5.21 Å². The Morgan fingerprint density at radius 3 is 2.62 bits per heavy atom. The fourth-order valence-electron chi connectivity index (χ4n) is 2.37. The van der Waals surface area contributed by atoms with Crippen molar-refractivity contribution in [2.75, 3.05) is 19.0 Å². The molecule has 0 aliphatic carbocycles. The van der Waals surface area contributed by atoms with Crippen LogP contribution in [-0.2, 0) is 4.79 Å². The Hall–Kier alpha value is -2.41. The van der Waals surface area contributed by atoms with Gasteiger partial charge in [0, 0.05) is 12.1 Å². The smallest absolute Gasteiger partial charge is 0.251 e. The van der Waals surface area contributed by atoms with Crippen molar-refractivity contribution in [3.8, 4) is 11.5 Å². The molecule has 0 aliphatic heterocycles. The molecule has 1 heterocycles. The van der Waals surface area contributed by atoms with Crippen molar-refractivity contribution in [3.63, 3.8) is 0 Å². The molecule has 1 atom stereocenters. The van der Waals surface area contributed by atoms with Gasteiger partial charge in [-0.25, -0.2) is 0 Å². The molecule has 1 aromatic heterocycles. The summed E-state index contributed by atoms with van der Waals surface area (Å²) in [6.45, 7) is 6.83. The minimum absolute atomic E-state index is 0.141. The van der Waals surface area contributed by atoms with Crippen LogP contribution in [0.15, 0.2) is 47.6 Å². The van der Waals surface area contributed by atoms with Crippen molar-refractivity contribution in [3.05, 3.63) is 53.4 Å². The quantitative estimate of drug-likeness (QED) is 0.414. The summed E-state index contributed by atoms with van der Waals surface area (Å²) < 4.78 is 11.9. The maximum Gasteiger partial charge on any atom is 0.251 e. The lowest BCUT2D eigenvalue weighted by Crippen LogP contribution is -2.31. The topological polar surface area (TPSA) is 74.5 Å². The third-order valence-corrected chi connectivity index (χ3v) is 4.60. The van der Waals surface area contributed by atoms with Crippen LogP contribution in [0.3, 0.4) is 0 Å². The van der Waals surface area contributed by atoms with Crippen LogP contribution in [0.5, 0.6) is 11.5 Å². The molecule has 0 aliphatic rings. The van der Waals surface area contributed by atoms with E-state index in [0.717, 1.165) is 10.3 Å². The van der Waals surface area contributed by atoms with Crippen molar-refractivity contribution in [2.45, 2.75) is 31.8 Å². The van der Waals surface area contributed by atoms with Crippen LogP contribution in [0.2, 0.25) is 0 Å². The molecule has 0 saturated carbocycles. The summed E-state index contributed by atoms with van der Waals surface area (Å²) >= 11 is 1.21. The third-order valence-electron chi connectivity index (χ3n) is 3.58. The van der Waals surface area contributed by atoms with Gasteiger partial charge in [-0.2, -0.15) is 4.73 Å². The molecule has 140 valence electrons. The first kappa shape index (κ1) is 19.9. The molecule has 1 aromatic carbocycles. The van der Waals surface area contributed by atoms with E-state index in [1.165, 1.54) is 18.0 Å². The molecule has 7 heteroatoms. The molecule has 0 bridgehead atoms. The minimum atomic E-state index is -0.187. The molecule has 0 radical (unpaired) electrons. The fourth-order valence-corrected chi connectivity index (χ4v) is 3.09. The van der Waals surface area contributed by atoms with Crippen LogP contribution < -0.4 is 19.5 Å². The van der Waals surface area contributed by atoms with E-state index in [4.69, 9.17) is 9.47 Å². The first-order valence-electron chi connectivity index (χ1n) is 8.55. The van der Waals surface area contributed by atoms with E-state index in [0.29, 0.717) is 29.7 Å². The van der Waals surface area contributed by atoms with E-state index < -0.39 is 0 Å².